The summed E-state index contributed by atoms with van der Waals surface area (Å²) in [6.45, 7) is 10.1. The van der Waals surface area contributed by atoms with E-state index in [1.165, 1.54) is 12.8 Å². The molecule has 108 valence electrons. The molecule has 0 aliphatic rings. The molecule has 0 aliphatic heterocycles. The zero-order chi connectivity index (χ0) is 14.4. The van der Waals surface area contributed by atoms with E-state index in [0.29, 0.717) is 12.6 Å². The van der Waals surface area contributed by atoms with Gasteiger partial charge < -0.3 is 9.88 Å². The number of halogens is 1. The second-order valence-corrected chi connectivity index (χ2v) is 6.58. The van der Waals surface area contributed by atoms with Gasteiger partial charge in [0.25, 0.3) is 5.56 Å². The number of nitrogens with zero attached hydrogens (tertiary/aromatic N) is 1. The van der Waals surface area contributed by atoms with Crippen LogP contribution in [-0.2, 0) is 6.54 Å². The van der Waals surface area contributed by atoms with E-state index in [9.17, 15) is 4.79 Å². The van der Waals surface area contributed by atoms with Gasteiger partial charge in [0.1, 0.15) is 0 Å². The number of nitrogens with one attached hydrogen (secondary N) is 1. The highest BCUT2D eigenvalue weighted by Crippen LogP contribution is 2.08. The maximum atomic E-state index is 11.9. The van der Waals surface area contributed by atoms with Crippen LogP contribution in [0.5, 0.6) is 0 Å². The highest BCUT2D eigenvalue weighted by atomic mass is 79.9. The van der Waals surface area contributed by atoms with Gasteiger partial charge in [0, 0.05) is 35.4 Å². The Morgan fingerprint density at radius 1 is 1.32 bits per heavy atom. The molecule has 1 atom stereocenters. The van der Waals surface area contributed by atoms with Gasteiger partial charge in [-0.1, -0.05) is 13.8 Å². The maximum absolute atomic E-state index is 11.9. The molecule has 0 aliphatic carbocycles. The molecule has 4 heteroatoms. The molecule has 0 fully saturated rings. The van der Waals surface area contributed by atoms with Gasteiger partial charge in [0.15, 0.2) is 0 Å². The summed E-state index contributed by atoms with van der Waals surface area (Å²) in [6.07, 6.45) is 4.28. The minimum atomic E-state index is 0.0971. The maximum Gasteiger partial charge on any atom is 0.253 e. The Morgan fingerprint density at radius 2 is 2.00 bits per heavy atom. The molecule has 1 rings (SSSR count). The van der Waals surface area contributed by atoms with E-state index in [1.807, 2.05) is 19.2 Å². The summed E-state index contributed by atoms with van der Waals surface area (Å²) in [7, 11) is 0. The number of aromatic nitrogens is 1. The molecule has 3 nitrogen and oxygen atoms in total. The van der Waals surface area contributed by atoms with Gasteiger partial charge in [-0.2, -0.15) is 0 Å². The van der Waals surface area contributed by atoms with Crippen LogP contribution < -0.4 is 10.9 Å². The Balaban J connectivity index is 2.43. The Hall–Kier alpha value is -0.610. The van der Waals surface area contributed by atoms with Crippen LogP contribution in [0, 0.1) is 12.8 Å². The minimum Gasteiger partial charge on any atom is -0.313 e. The van der Waals surface area contributed by atoms with Crippen molar-refractivity contribution in [3.8, 4) is 0 Å². The van der Waals surface area contributed by atoms with Gasteiger partial charge in [0.05, 0.1) is 0 Å². The molecule has 0 spiro atoms. The standard InChI is InChI=1S/C15H25BrN2O/c1-11(2)5-6-13(4)17-7-8-18-10-14(16)9-12(3)15(18)19/h9-11,13,17H,5-8H2,1-4H3. The second kappa shape index (κ2) is 7.85. The Kier molecular flexibility index (Phi) is 6.80. The zero-order valence-corrected chi connectivity index (χ0v) is 14.0. The zero-order valence-electron chi connectivity index (χ0n) is 12.4. The number of pyridine rings is 1. The molecule has 0 saturated carbocycles. The van der Waals surface area contributed by atoms with Crippen molar-refractivity contribution in [2.75, 3.05) is 6.54 Å². The van der Waals surface area contributed by atoms with Crippen molar-refractivity contribution < 1.29 is 0 Å². The van der Waals surface area contributed by atoms with E-state index in [-0.39, 0.29) is 5.56 Å². The normalized spacial score (nSPS) is 12.9. The van der Waals surface area contributed by atoms with Crippen LogP contribution >= 0.6 is 15.9 Å². The molecule has 0 saturated heterocycles. The van der Waals surface area contributed by atoms with Crippen molar-refractivity contribution in [1.29, 1.82) is 0 Å². The third-order valence-electron chi connectivity index (χ3n) is 3.25. The first-order valence-corrected chi connectivity index (χ1v) is 7.79. The van der Waals surface area contributed by atoms with Crippen LogP contribution in [0.3, 0.4) is 0 Å². The van der Waals surface area contributed by atoms with Crippen molar-refractivity contribution in [3.05, 3.63) is 32.7 Å². The average Bonchev–Trinajstić information content (AvgIpc) is 2.32. The van der Waals surface area contributed by atoms with Gasteiger partial charge in [-0.05, 0) is 54.6 Å². The Morgan fingerprint density at radius 3 is 2.63 bits per heavy atom. The lowest BCUT2D eigenvalue weighted by atomic mass is 10.0. The van der Waals surface area contributed by atoms with E-state index in [4.69, 9.17) is 0 Å². The van der Waals surface area contributed by atoms with Crippen LogP contribution in [0.15, 0.2) is 21.5 Å². The van der Waals surface area contributed by atoms with E-state index in [2.05, 4.69) is 42.0 Å². The minimum absolute atomic E-state index is 0.0971. The third-order valence-corrected chi connectivity index (χ3v) is 3.69. The van der Waals surface area contributed by atoms with Crippen LogP contribution in [0.4, 0.5) is 0 Å². The Labute approximate surface area is 124 Å². The highest BCUT2D eigenvalue weighted by Gasteiger charge is 2.05. The van der Waals surface area contributed by atoms with E-state index in [1.54, 1.807) is 4.57 Å². The average molecular weight is 329 g/mol. The first kappa shape index (κ1) is 16.4. The quantitative estimate of drug-likeness (QED) is 0.832. The third kappa shape index (κ3) is 5.91. The number of hydrogen-bond acceptors (Lipinski definition) is 2. The molecule has 0 bridgehead atoms. The predicted molar refractivity (Wildman–Crippen MR) is 84.7 cm³/mol. The lowest BCUT2D eigenvalue weighted by Crippen LogP contribution is -2.32. The van der Waals surface area contributed by atoms with Gasteiger partial charge in [-0.25, -0.2) is 0 Å². The predicted octanol–water partition coefficient (Wildman–Crippen LogP) is 3.33. The molecule has 1 unspecified atom stereocenters. The molecule has 1 aromatic rings. The van der Waals surface area contributed by atoms with E-state index in [0.717, 1.165) is 22.5 Å². The molecule has 0 amide bonds. The molecule has 0 radical (unpaired) electrons. The lowest BCUT2D eigenvalue weighted by Gasteiger charge is -2.15. The second-order valence-electron chi connectivity index (χ2n) is 5.67. The van der Waals surface area contributed by atoms with Gasteiger partial charge in [-0.15, -0.1) is 0 Å². The van der Waals surface area contributed by atoms with E-state index >= 15 is 0 Å². The smallest absolute Gasteiger partial charge is 0.253 e. The summed E-state index contributed by atoms with van der Waals surface area (Å²) in [6, 6.07) is 2.36. The van der Waals surface area contributed by atoms with Crippen LogP contribution in [0.2, 0.25) is 0 Å². The molecule has 19 heavy (non-hydrogen) atoms. The largest absolute Gasteiger partial charge is 0.313 e. The fourth-order valence-corrected chi connectivity index (χ4v) is 2.61. The monoisotopic (exact) mass is 328 g/mol. The van der Waals surface area contributed by atoms with Crippen LogP contribution in [0.25, 0.3) is 0 Å². The first-order valence-electron chi connectivity index (χ1n) is 7.00. The first-order chi connectivity index (χ1) is 8.90. The van der Waals surface area contributed by atoms with Crippen molar-refractivity contribution in [2.24, 2.45) is 5.92 Å². The van der Waals surface area contributed by atoms with Gasteiger partial charge in [0.2, 0.25) is 0 Å². The number of hydrogen-bond donors (Lipinski definition) is 1. The fraction of sp³-hybridized carbons (Fsp3) is 0.667. The molecule has 0 aromatic carbocycles. The van der Waals surface area contributed by atoms with Gasteiger partial charge >= 0.3 is 0 Å². The van der Waals surface area contributed by atoms with Crippen LogP contribution in [0.1, 0.15) is 39.2 Å². The SMILES string of the molecule is Cc1cc(Br)cn(CCNC(C)CCC(C)C)c1=O. The van der Waals surface area contributed by atoms with Crippen LogP contribution in [-0.4, -0.2) is 17.2 Å². The van der Waals surface area contributed by atoms with Crippen molar-refractivity contribution in [1.82, 2.24) is 9.88 Å². The Bertz CT molecular complexity index is 454. The van der Waals surface area contributed by atoms with Crippen molar-refractivity contribution in [2.45, 2.75) is 53.1 Å². The summed E-state index contributed by atoms with van der Waals surface area (Å²) in [5.74, 6) is 0.750. The summed E-state index contributed by atoms with van der Waals surface area (Å²) >= 11 is 3.43. The summed E-state index contributed by atoms with van der Waals surface area (Å²) < 4.78 is 2.72. The van der Waals surface area contributed by atoms with Gasteiger partial charge in [-0.3, -0.25) is 4.79 Å². The molecule has 1 heterocycles. The molecule has 1 N–H and O–H groups in total. The van der Waals surface area contributed by atoms with Crippen molar-refractivity contribution in [3.63, 3.8) is 0 Å². The molecular formula is C15H25BrN2O. The van der Waals surface area contributed by atoms with Crippen molar-refractivity contribution >= 4 is 15.9 Å². The highest BCUT2D eigenvalue weighted by molar-refractivity contribution is 9.10. The summed E-state index contributed by atoms with van der Waals surface area (Å²) in [4.78, 5) is 11.9. The number of aryl methyl sites for hydroxylation is 1. The topological polar surface area (TPSA) is 34.0 Å². The number of rotatable bonds is 7. The molecular weight excluding hydrogens is 304 g/mol. The summed E-state index contributed by atoms with van der Waals surface area (Å²) in [5, 5.41) is 3.48. The fourth-order valence-electron chi connectivity index (χ4n) is 2.02. The molecule has 1 aromatic heterocycles. The lowest BCUT2D eigenvalue weighted by molar-refractivity contribution is 0.439. The van der Waals surface area contributed by atoms with E-state index < -0.39 is 0 Å². The summed E-state index contributed by atoms with van der Waals surface area (Å²) in [5.41, 5.74) is 0.877.